The molecule has 1 fully saturated rings. The van der Waals surface area contributed by atoms with Gasteiger partial charge in [0.1, 0.15) is 6.04 Å². The first-order valence-electron chi connectivity index (χ1n) is 10.5. The fourth-order valence-corrected chi connectivity index (χ4v) is 3.14. The quantitative estimate of drug-likeness (QED) is 0.533. The molecule has 9 heteroatoms. The molecule has 2 rings (SSSR count). The van der Waals surface area contributed by atoms with Crippen molar-refractivity contribution in [3.05, 3.63) is 29.8 Å². The third-order valence-corrected chi connectivity index (χ3v) is 4.51. The molecule has 1 atom stereocenters. The van der Waals surface area contributed by atoms with E-state index in [-0.39, 0.29) is 36.2 Å². The standard InChI is InChI=1S/C22H32N4O5/c1-5-11-31-19(28)13-17-21(30)23-9-10-26(17)14-18(27)24-16-8-6-7-15(12-16)20(29)25-22(2,3)4/h6-8,12,17H,5,9-11,13-14H2,1-4H3,(H,23,30)(H,24,27)(H,25,29). The number of nitrogens with zero attached hydrogens (tertiary/aromatic N) is 1. The van der Waals surface area contributed by atoms with Gasteiger partial charge in [0.25, 0.3) is 5.91 Å². The summed E-state index contributed by atoms with van der Waals surface area (Å²) in [5, 5.41) is 8.36. The molecule has 31 heavy (non-hydrogen) atoms. The summed E-state index contributed by atoms with van der Waals surface area (Å²) in [7, 11) is 0. The Hall–Kier alpha value is -2.94. The van der Waals surface area contributed by atoms with Gasteiger partial charge < -0.3 is 20.7 Å². The number of benzene rings is 1. The molecule has 0 spiro atoms. The highest BCUT2D eigenvalue weighted by molar-refractivity contribution is 5.98. The second-order valence-electron chi connectivity index (χ2n) is 8.54. The molecular weight excluding hydrogens is 400 g/mol. The van der Waals surface area contributed by atoms with Crippen molar-refractivity contribution in [2.45, 2.75) is 52.1 Å². The Kier molecular flexibility index (Phi) is 8.56. The Labute approximate surface area is 182 Å². The van der Waals surface area contributed by atoms with Crippen LogP contribution in [0.5, 0.6) is 0 Å². The van der Waals surface area contributed by atoms with Gasteiger partial charge in [0.2, 0.25) is 11.8 Å². The second kappa shape index (κ2) is 10.9. The van der Waals surface area contributed by atoms with E-state index in [0.29, 0.717) is 37.4 Å². The van der Waals surface area contributed by atoms with Gasteiger partial charge in [-0.3, -0.25) is 24.1 Å². The lowest BCUT2D eigenvalue weighted by molar-refractivity contribution is -0.148. The van der Waals surface area contributed by atoms with Crippen LogP contribution in [0.1, 0.15) is 50.9 Å². The maximum Gasteiger partial charge on any atom is 0.307 e. The average Bonchev–Trinajstić information content (AvgIpc) is 2.68. The molecule has 1 unspecified atom stereocenters. The van der Waals surface area contributed by atoms with Gasteiger partial charge in [-0.1, -0.05) is 13.0 Å². The van der Waals surface area contributed by atoms with Gasteiger partial charge in [-0.25, -0.2) is 0 Å². The van der Waals surface area contributed by atoms with Crippen molar-refractivity contribution < 1.29 is 23.9 Å². The highest BCUT2D eigenvalue weighted by Gasteiger charge is 2.33. The molecule has 3 N–H and O–H groups in total. The lowest BCUT2D eigenvalue weighted by Gasteiger charge is -2.33. The number of ether oxygens (including phenoxy) is 1. The molecule has 9 nitrogen and oxygen atoms in total. The zero-order valence-electron chi connectivity index (χ0n) is 18.6. The van der Waals surface area contributed by atoms with E-state index in [4.69, 9.17) is 4.74 Å². The van der Waals surface area contributed by atoms with E-state index in [1.165, 1.54) is 0 Å². The summed E-state index contributed by atoms with van der Waals surface area (Å²) in [6, 6.07) is 5.89. The molecule has 1 saturated heterocycles. The second-order valence-corrected chi connectivity index (χ2v) is 8.54. The predicted molar refractivity (Wildman–Crippen MR) is 117 cm³/mol. The van der Waals surface area contributed by atoms with Gasteiger partial charge in [-0.05, 0) is 45.4 Å². The molecule has 1 aliphatic rings. The number of rotatable bonds is 8. The Bertz CT molecular complexity index is 818. The van der Waals surface area contributed by atoms with E-state index >= 15 is 0 Å². The number of hydrogen-bond donors (Lipinski definition) is 3. The number of piperazine rings is 1. The molecule has 170 valence electrons. The number of amides is 3. The number of nitrogens with one attached hydrogen (secondary N) is 3. The van der Waals surface area contributed by atoms with E-state index in [2.05, 4.69) is 16.0 Å². The lowest BCUT2D eigenvalue weighted by atomic mass is 10.1. The summed E-state index contributed by atoms with van der Waals surface area (Å²) in [6.45, 7) is 8.64. The fraction of sp³-hybridized carbons (Fsp3) is 0.545. The molecule has 0 saturated carbocycles. The summed E-state index contributed by atoms with van der Waals surface area (Å²) >= 11 is 0. The number of hydrogen-bond acceptors (Lipinski definition) is 6. The van der Waals surface area contributed by atoms with Gasteiger partial charge in [0.15, 0.2) is 0 Å². The number of esters is 1. The molecule has 0 bridgehead atoms. The van der Waals surface area contributed by atoms with Gasteiger partial charge in [-0.2, -0.15) is 0 Å². The minimum absolute atomic E-state index is 0.0580. The Balaban J connectivity index is 2.00. The Morgan fingerprint density at radius 3 is 2.68 bits per heavy atom. The monoisotopic (exact) mass is 432 g/mol. The molecule has 0 radical (unpaired) electrons. The first-order chi connectivity index (χ1) is 14.6. The highest BCUT2D eigenvalue weighted by atomic mass is 16.5. The van der Waals surface area contributed by atoms with Crippen LogP contribution in [0.15, 0.2) is 24.3 Å². The first kappa shape index (κ1) is 24.3. The van der Waals surface area contributed by atoms with Crippen molar-refractivity contribution in [1.29, 1.82) is 0 Å². The third kappa shape index (κ3) is 8.01. The number of carbonyl (C=O) groups is 4. The molecule has 0 aromatic heterocycles. The van der Waals surface area contributed by atoms with E-state index in [1.54, 1.807) is 29.2 Å². The topological polar surface area (TPSA) is 117 Å². The summed E-state index contributed by atoms with van der Waals surface area (Å²) in [4.78, 5) is 50.8. The van der Waals surface area contributed by atoms with Crippen LogP contribution >= 0.6 is 0 Å². The van der Waals surface area contributed by atoms with Crippen LogP contribution in [0.2, 0.25) is 0 Å². The minimum atomic E-state index is -0.757. The van der Waals surface area contributed by atoms with Crippen LogP contribution in [-0.2, 0) is 19.1 Å². The van der Waals surface area contributed by atoms with Gasteiger partial charge in [-0.15, -0.1) is 0 Å². The first-order valence-corrected chi connectivity index (χ1v) is 10.5. The third-order valence-electron chi connectivity index (χ3n) is 4.51. The summed E-state index contributed by atoms with van der Waals surface area (Å²) in [5.74, 6) is -1.34. The van der Waals surface area contributed by atoms with Crippen molar-refractivity contribution in [2.24, 2.45) is 0 Å². The van der Waals surface area contributed by atoms with Crippen molar-refractivity contribution in [2.75, 3.05) is 31.6 Å². The molecule has 1 heterocycles. The van der Waals surface area contributed by atoms with Crippen molar-refractivity contribution >= 4 is 29.4 Å². The van der Waals surface area contributed by atoms with Crippen LogP contribution in [0, 0.1) is 0 Å². The van der Waals surface area contributed by atoms with Crippen molar-refractivity contribution in [3.63, 3.8) is 0 Å². The number of anilines is 1. The zero-order valence-corrected chi connectivity index (χ0v) is 18.6. The molecule has 0 aliphatic carbocycles. The molecule has 3 amide bonds. The van der Waals surface area contributed by atoms with E-state index in [0.717, 1.165) is 0 Å². The maximum atomic E-state index is 12.6. The predicted octanol–water partition coefficient (Wildman–Crippen LogP) is 1.30. The normalized spacial score (nSPS) is 16.9. The van der Waals surface area contributed by atoms with Crippen LogP contribution in [0.3, 0.4) is 0 Å². The number of carbonyl (C=O) groups excluding carboxylic acids is 4. The summed E-state index contributed by atoms with van der Waals surface area (Å²) in [5.41, 5.74) is 0.534. The van der Waals surface area contributed by atoms with Gasteiger partial charge in [0, 0.05) is 29.9 Å². The zero-order chi connectivity index (χ0) is 23.0. The summed E-state index contributed by atoms with van der Waals surface area (Å²) in [6.07, 6.45) is 0.586. The SMILES string of the molecule is CCCOC(=O)CC1C(=O)NCCN1CC(=O)Nc1cccc(C(=O)NC(C)(C)C)c1. The summed E-state index contributed by atoms with van der Waals surface area (Å²) < 4.78 is 5.08. The molecular formula is C22H32N4O5. The van der Waals surface area contributed by atoms with Gasteiger partial charge in [0.05, 0.1) is 19.6 Å². The van der Waals surface area contributed by atoms with Crippen LogP contribution < -0.4 is 16.0 Å². The largest absolute Gasteiger partial charge is 0.466 e. The smallest absolute Gasteiger partial charge is 0.307 e. The Morgan fingerprint density at radius 2 is 2.00 bits per heavy atom. The van der Waals surface area contributed by atoms with E-state index in [1.807, 2.05) is 27.7 Å². The van der Waals surface area contributed by atoms with Crippen LogP contribution in [-0.4, -0.2) is 66.4 Å². The van der Waals surface area contributed by atoms with E-state index < -0.39 is 12.0 Å². The molecule has 1 aliphatic heterocycles. The van der Waals surface area contributed by atoms with E-state index in [9.17, 15) is 19.2 Å². The average molecular weight is 433 g/mol. The molecule has 1 aromatic carbocycles. The lowest BCUT2D eigenvalue weighted by Crippen LogP contribution is -2.57. The highest BCUT2D eigenvalue weighted by Crippen LogP contribution is 2.14. The van der Waals surface area contributed by atoms with Crippen LogP contribution in [0.25, 0.3) is 0 Å². The van der Waals surface area contributed by atoms with Crippen LogP contribution in [0.4, 0.5) is 5.69 Å². The Morgan fingerprint density at radius 1 is 1.26 bits per heavy atom. The van der Waals surface area contributed by atoms with Crippen molar-refractivity contribution in [1.82, 2.24) is 15.5 Å². The van der Waals surface area contributed by atoms with Crippen molar-refractivity contribution in [3.8, 4) is 0 Å². The fourth-order valence-electron chi connectivity index (χ4n) is 3.14. The van der Waals surface area contributed by atoms with Gasteiger partial charge >= 0.3 is 5.97 Å². The molecule has 1 aromatic rings. The minimum Gasteiger partial charge on any atom is -0.466 e. The maximum absolute atomic E-state index is 12.6.